The number of fused-ring (bicyclic) bond motifs is 5. The number of hydrazine groups is 1. The second-order valence-electron chi connectivity index (χ2n) is 9.47. The maximum Gasteiger partial charge on any atom is 0.491 e. The highest BCUT2D eigenvalue weighted by Gasteiger charge is 2.78. The molecule has 42 heavy (non-hydrogen) atoms. The van der Waals surface area contributed by atoms with E-state index in [1.807, 2.05) is 0 Å². The van der Waals surface area contributed by atoms with Gasteiger partial charge in [0.1, 0.15) is 12.0 Å². The lowest BCUT2D eigenvalue weighted by molar-refractivity contribution is -0.241. The lowest BCUT2D eigenvalue weighted by Gasteiger charge is -2.44. The molecule has 3 aliphatic rings. The summed E-state index contributed by atoms with van der Waals surface area (Å²) in [7, 11) is 0. The van der Waals surface area contributed by atoms with Crippen LogP contribution >= 0.6 is 15.9 Å². The van der Waals surface area contributed by atoms with Gasteiger partial charge in [-0.25, -0.2) is 19.6 Å². The van der Waals surface area contributed by atoms with Crippen LogP contribution in [-0.4, -0.2) is 63.5 Å². The molecule has 16 heteroatoms. The van der Waals surface area contributed by atoms with Gasteiger partial charge in [-0.2, -0.15) is 26.3 Å². The first-order valence-electron chi connectivity index (χ1n) is 11.8. The van der Waals surface area contributed by atoms with Gasteiger partial charge < -0.3 is 9.47 Å². The molecule has 220 valence electrons. The molecule has 9 nitrogen and oxygen atoms in total. The smallest absolute Gasteiger partial charge is 0.429 e. The zero-order chi connectivity index (χ0) is 30.8. The van der Waals surface area contributed by atoms with Gasteiger partial charge in [0.15, 0.2) is 5.78 Å². The first-order chi connectivity index (χ1) is 19.5. The van der Waals surface area contributed by atoms with Crippen LogP contribution in [0.2, 0.25) is 0 Å². The van der Waals surface area contributed by atoms with Crippen molar-refractivity contribution in [2.24, 2.45) is 5.92 Å². The molecule has 2 saturated heterocycles. The summed E-state index contributed by atoms with van der Waals surface area (Å²) < 4.78 is 90.4. The normalized spacial score (nSPS) is 26.9. The van der Waals surface area contributed by atoms with Crippen LogP contribution in [-0.2, 0) is 45.5 Å². The van der Waals surface area contributed by atoms with Crippen molar-refractivity contribution >= 4 is 45.3 Å². The Kier molecular flexibility index (Phi) is 6.75. The molecule has 4 unspecified atom stereocenters. The minimum absolute atomic E-state index is 0.199. The molecule has 2 aromatic carbocycles. The minimum Gasteiger partial charge on any atom is -0.429 e. The Morgan fingerprint density at radius 1 is 0.857 bits per heavy atom. The Hall–Kier alpha value is -4.21. The minimum atomic E-state index is -5.66. The summed E-state index contributed by atoms with van der Waals surface area (Å²) in [6.45, 7) is 0. The van der Waals surface area contributed by atoms with Crippen molar-refractivity contribution in [2.45, 2.75) is 36.1 Å². The number of ether oxygens (including phenoxy) is 2. The number of alkyl halides is 6. The number of ketones is 2. The quantitative estimate of drug-likeness (QED) is 0.272. The van der Waals surface area contributed by atoms with Crippen molar-refractivity contribution < 1.29 is 59.8 Å². The summed E-state index contributed by atoms with van der Waals surface area (Å²) in [5, 5.41) is 1.01. The lowest BCUT2D eigenvalue weighted by Crippen LogP contribution is -2.61. The van der Waals surface area contributed by atoms with E-state index in [2.05, 4.69) is 20.7 Å². The molecule has 2 fully saturated rings. The Labute approximate surface area is 239 Å². The van der Waals surface area contributed by atoms with E-state index in [1.165, 1.54) is 42.5 Å². The number of nitrogens with zero attached hydrogens (tertiary/aromatic N) is 2. The summed E-state index contributed by atoms with van der Waals surface area (Å²) in [5.74, 6) is -12.0. The summed E-state index contributed by atoms with van der Waals surface area (Å²) >= 11 is 3.19. The highest BCUT2D eigenvalue weighted by atomic mass is 79.9. The van der Waals surface area contributed by atoms with Crippen molar-refractivity contribution in [3.8, 4) is 0 Å². The molecule has 4 atom stereocenters. The SMILES string of the molecule is O=C1C=CN2N3C(=O)C(OC(=O)C(F)(F)F)(c4ccccc4)C(=O)C3C1C2(Cc1ccc(Br)cc1)OC(=O)C(F)(F)F. The number of amides is 1. The van der Waals surface area contributed by atoms with Gasteiger partial charge in [-0.15, -0.1) is 0 Å². The Morgan fingerprint density at radius 2 is 1.43 bits per heavy atom. The molecule has 2 aromatic rings. The van der Waals surface area contributed by atoms with Crippen LogP contribution in [0.5, 0.6) is 0 Å². The highest BCUT2D eigenvalue weighted by Crippen LogP contribution is 2.54. The number of Topliss-reactive ketones (excluding diaryl/α,β-unsaturated/α-hetero) is 1. The molecule has 0 N–H and O–H groups in total. The first-order valence-corrected chi connectivity index (χ1v) is 12.6. The third-order valence-electron chi connectivity index (χ3n) is 7.03. The molecule has 0 spiro atoms. The molecular formula is C26H15BrF6N2O7. The van der Waals surface area contributed by atoms with Gasteiger partial charge in [0, 0.05) is 22.7 Å². The number of hydrogen-bond donors (Lipinski definition) is 0. The summed E-state index contributed by atoms with van der Waals surface area (Å²) in [4.78, 5) is 65.6. The van der Waals surface area contributed by atoms with Crippen molar-refractivity contribution in [3.63, 3.8) is 0 Å². The van der Waals surface area contributed by atoms with E-state index < -0.39 is 77.0 Å². The van der Waals surface area contributed by atoms with Gasteiger partial charge in [-0.1, -0.05) is 58.4 Å². The maximum atomic E-state index is 14.1. The van der Waals surface area contributed by atoms with Crippen molar-refractivity contribution in [1.82, 2.24) is 10.0 Å². The molecule has 1 amide bonds. The van der Waals surface area contributed by atoms with Crippen LogP contribution in [0.25, 0.3) is 0 Å². The monoisotopic (exact) mass is 660 g/mol. The summed E-state index contributed by atoms with van der Waals surface area (Å²) in [5.41, 5.74) is -6.24. The number of benzene rings is 2. The lowest BCUT2D eigenvalue weighted by atomic mass is 9.77. The van der Waals surface area contributed by atoms with Gasteiger partial charge in [0.25, 0.3) is 11.5 Å². The molecule has 3 aliphatic heterocycles. The number of allylic oxidation sites excluding steroid dienone is 1. The van der Waals surface area contributed by atoms with Gasteiger partial charge in [-0.05, 0) is 23.8 Å². The maximum absolute atomic E-state index is 14.1. The predicted molar refractivity (Wildman–Crippen MR) is 128 cm³/mol. The van der Waals surface area contributed by atoms with Crippen LogP contribution in [0.3, 0.4) is 0 Å². The fraction of sp³-hybridized carbons (Fsp3) is 0.269. The molecule has 0 saturated carbocycles. The second-order valence-corrected chi connectivity index (χ2v) is 10.4. The number of carbonyl (C=O) groups is 5. The van der Waals surface area contributed by atoms with Crippen LogP contribution in [0.15, 0.2) is 71.3 Å². The third-order valence-corrected chi connectivity index (χ3v) is 7.55. The van der Waals surface area contributed by atoms with Crippen molar-refractivity contribution in [1.29, 1.82) is 0 Å². The zero-order valence-corrected chi connectivity index (χ0v) is 22.2. The van der Waals surface area contributed by atoms with E-state index >= 15 is 0 Å². The Bertz CT molecular complexity index is 1530. The van der Waals surface area contributed by atoms with Crippen molar-refractivity contribution in [2.75, 3.05) is 0 Å². The van der Waals surface area contributed by atoms with Gasteiger partial charge in [0.2, 0.25) is 11.5 Å². The van der Waals surface area contributed by atoms with E-state index in [9.17, 15) is 50.3 Å². The van der Waals surface area contributed by atoms with Gasteiger partial charge >= 0.3 is 24.3 Å². The Balaban J connectivity index is 1.70. The van der Waals surface area contributed by atoms with E-state index in [-0.39, 0.29) is 5.56 Å². The molecule has 0 aliphatic carbocycles. The second kappa shape index (κ2) is 9.68. The first kappa shape index (κ1) is 29.3. The zero-order valence-electron chi connectivity index (χ0n) is 20.6. The van der Waals surface area contributed by atoms with Gasteiger partial charge in [-0.3, -0.25) is 14.4 Å². The molecular weight excluding hydrogens is 646 g/mol. The summed E-state index contributed by atoms with van der Waals surface area (Å²) in [6, 6.07) is 9.58. The van der Waals surface area contributed by atoms with Gasteiger partial charge in [0.05, 0.1) is 0 Å². The van der Waals surface area contributed by atoms with Crippen LogP contribution in [0.4, 0.5) is 26.3 Å². The van der Waals surface area contributed by atoms with E-state index in [0.717, 1.165) is 24.4 Å². The largest absolute Gasteiger partial charge is 0.491 e. The van der Waals surface area contributed by atoms with Crippen LogP contribution < -0.4 is 0 Å². The number of esters is 2. The van der Waals surface area contributed by atoms with Crippen LogP contribution in [0, 0.1) is 5.92 Å². The highest BCUT2D eigenvalue weighted by molar-refractivity contribution is 9.10. The standard InChI is InChI=1S/C26H15BrF6N2O7/c27-15-8-6-13(7-9-15)12-23(41-21(39)25(28,29)30)17-16(36)10-11-34(23)35-18(17)19(37)24(20(35)38,14-4-2-1-3-5-14)42-22(40)26(31,32)33/h1-11,17-18H,12H2. The predicted octanol–water partition coefficient (Wildman–Crippen LogP) is 3.52. The fourth-order valence-electron chi connectivity index (χ4n) is 5.37. The molecule has 2 bridgehead atoms. The molecule has 0 aromatic heterocycles. The number of hydrogen-bond acceptors (Lipinski definition) is 8. The van der Waals surface area contributed by atoms with Crippen LogP contribution in [0.1, 0.15) is 11.1 Å². The molecule has 0 radical (unpaired) electrons. The van der Waals surface area contributed by atoms with E-state index in [4.69, 9.17) is 4.74 Å². The molecule has 3 heterocycles. The number of rotatable bonds is 5. The van der Waals surface area contributed by atoms with E-state index in [1.54, 1.807) is 0 Å². The molecule has 5 rings (SSSR count). The summed E-state index contributed by atoms with van der Waals surface area (Å²) in [6.07, 6.45) is -10.3. The topological polar surface area (TPSA) is 110 Å². The number of carbonyl (C=O) groups excluding carboxylic acids is 5. The Morgan fingerprint density at radius 3 is 2.00 bits per heavy atom. The average Bonchev–Trinajstić information content (AvgIpc) is 3.21. The van der Waals surface area contributed by atoms with E-state index in [0.29, 0.717) is 14.5 Å². The number of halogens is 7. The van der Waals surface area contributed by atoms with Crippen molar-refractivity contribution in [3.05, 3.63) is 82.5 Å². The third kappa shape index (κ3) is 4.35. The fourth-order valence-corrected chi connectivity index (χ4v) is 5.64. The average molecular weight is 661 g/mol.